The Morgan fingerprint density at radius 2 is 2.26 bits per heavy atom. The molecule has 1 saturated heterocycles. The summed E-state index contributed by atoms with van der Waals surface area (Å²) in [7, 11) is 0. The molecule has 1 atom stereocenters. The number of aliphatic hydroxyl groups is 1. The number of likely N-dealkylation sites (tertiary alicyclic amines) is 1. The van der Waals surface area contributed by atoms with Crippen molar-refractivity contribution in [1.82, 2.24) is 9.88 Å². The molecule has 2 heterocycles. The molecule has 2 aromatic rings. The number of carbonyl (C=O) groups is 1. The Hall–Kier alpha value is -1.94. The Morgan fingerprint density at radius 1 is 1.37 bits per heavy atom. The monoisotopic (exact) mass is 256 g/mol. The third-order valence-corrected chi connectivity index (χ3v) is 3.60. The molecule has 4 nitrogen and oxygen atoms in total. The van der Waals surface area contributed by atoms with E-state index in [1.165, 1.54) is 0 Å². The Balaban J connectivity index is 1.80. The summed E-state index contributed by atoms with van der Waals surface area (Å²) in [6.45, 7) is 1.33. The third kappa shape index (κ3) is 2.44. The molecular formula is C15H16N2O2. The van der Waals surface area contributed by atoms with Gasteiger partial charge in [-0.25, -0.2) is 0 Å². The number of nitrogens with zero attached hydrogens (tertiary/aromatic N) is 2. The molecule has 19 heavy (non-hydrogen) atoms. The highest BCUT2D eigenvalue weighted by Gasteiger charge is 2.28. The normalized spacial score (nSPS) is 19.3. The summed E-state index contributed by atoms with van der Waals surface area (Å²) in [4.78, 5) is 17.9. The lowest BCUT2D eigenvalue weighted by molar-refractivity contribution is -0.128. The average molecular weight is 256 g/mol. The van der Waals surface area contributed by atoms with Crippen LogP contribution in [-0.4, -0.2) is 34.0 Å². The predicted molar refractivity (Wildman–Crippen MR) is 72.4 cm³/mol. The second kappa shape index (κ2) is 4.97. The smallest absolute Gasteiger partial charge is 0.223 e. The molecule has 0 spiro atoms. The minimum atomic E-state index is 0.0848. The van der Waals surface area contributed by atoms with Crippen LogP contribution in [0.4, 0.5) is 0 Å². The second-order valence-electron chi connectivity index (χ2n) is 5.06. The number of carbonyl (C=O) groups excluding carboxylic acids is 1. The maximum absolute atomic E-state index is 11.8. The van der Waals surface area contributed by atoms with E-state index in [0.717, 1.165) is 16.5 Å². The van der Waals surface area contributed by atoms with Crippen molar-refractivity contribution < 1.29 is 9.90 Å². The van der Waals surface area contributed by atoms with E-state index in [2.05, 4.69) is 4.98 Å². The summed E-state index contributed by atoms with van der Waals surface area (Å²) in [6.07, 6.45) is 2.23. The summed E-state index contributed by atoms with van der Waals surface area (Å²) in [5.74, 6) is 0.214. The van der Waals surface area contributed by atoms with Crippen molar-refractivity contribution in [2.75, 3.05) is 13.2 Å². The van der Waals surface area contributed by atoms with Gasteiger partial charge in [0.05, 0.1) is 5.52 Å². The number of aliphatic hydroxyl groups excluding tert-OH is 1. The quantitative estimate of drug-likeness (QED) is 0.907. The number of fused-ring (bicyclic) bond motifs is 1. The Kier molecular flexibility index (Phi) is 3.17. The molecular weight excluding hydrogens is 240 g/mol. The van der Waals surface area contributed by atoms with Crippen molar-refractivity contribution in [3.05, 3.63) is 42.1 Å². The van der Waals surface area contributed by atoms with Gasteiger partial charge in [0.25, 0.3) is 0 Å². The first-order chi connectivity index (χ1) is 9.26. The molecule has 1 aliphatic rings. The van der Waals surface area contributed by atoms with Gasteiger partial charge in [-0.3, -0.25) is 9.78 Å². The molecule has 1 amide bonds. The number of hydrogen-bond donors (Lipinski definition) is 1. The van der Waals surface area contributed by atoms with Crippen LogP contribution < -0.4 is 0 Å². The van der Waals surface area contributed by atoms with E-state index < -0.39 is 0 Å². The first-order valence-electron chi connectivity index (χ1n) is 6.48. The average Bonchev–Trinajstić information content (AvgIpc) is 2.79. The van der Waals surface area contributed by atoms with E-state index in [0.29, 0.717) is 19.5 Å². The zero-order valence-electron chi connectivity index (χ0n) is 10.6. The molecule has 0 aliphatic carbocycles. The molecule has 98 valence electrons. The van der Waals surface area contributed by atoms with E-state index in [1.54, 1.807) is 6.20 Å². The predicted octanol–water partition coefficient (Wildman–Crippen LogP) is 1.58. The highest BCUT2D eigenvalue weighted by atomic mass is 16.3. The number of benzene rings is 1. The van der Waals surface area contributed by atoms with Gasteiger partial charge in [0.15, 0.2) is 0 Å². The van der Waals surface area contributed by atoms with Crippen LogP contribution in [0.2, 0.25) is 0 Å². The SMILES string of the molecule is O=C1CC(CO)CN1Cc1ccc2cccnc2c1. The number of hydrogen-bond acceptors (Lipinski definition) is 3. The minimum absolute atomic E-state index is 0.0848. The molecule has 1 aromatic carbocycles. The topological polar surface area (TPSA) is 53.4 Å². The lowest BCUT2D eigenvalue weighted by Crippen LogP contribution is -2.24. The maximum Gasteiger partial charge on any atom is 0.223 e. The first kappa shape index (κ1) is 12.1. The van der Waals surface area contributed by atoms with Gasteiger partial charge in [0, 0.05) is 43.6 Å². The number of amides is 1. The standard InChI is InChI=1S/C15H16N2O2/c18-10-12-7-15(19)17(9-12)8-11-3-4-13-2-1-5-16-14(13)6-11/h1-6,12,18H,7-10H2. The number of pyridine rings is 1. The van der Waals surface area contributed by atoms with Crippen LogP contribution in [0.5, 0.6) is 0 Å². The van der Waals surface area contributed by atoms with Gasteiger partial charge < -0.3 is 10.0 Å². The van der Waals surface area contributed by atoms with Gasteiger partial charge in [0.2, 0.25) is 5.91 Å². The van der Waals surface area contributed by atoms with Gasteiger partial charge in [-0.1, -0.05) is 18.2 Å². The Morgan fingerprint density at radius 3 is 3.05 bits per heavy atom. The molecule has 0 radical (unpaired) electrons. The summed E-state index contributed by atoms with van der Waals surface area (Å²) in [6, 6.07) is 10.0. The van der Waals surface area contributed by atoms with E-state index in [9.17, 15) is 4.79 Å². The Bertz CT molecular complexity index is 612. The van der Waals surface area contributed by atoms with E-state index in [4.69, 9.17) is 5.11 Å². The lowest BCUT2D eigenvalue weighted by Gasteiger charge is -2.16. The fourth-order valence-electron chi connectivity index (χ4n) is 2.56. The van der Waals surface area contributed by atoms with Crippen molar-refractivity contribution in [2.24, 2.45) is 5.92 Å². The first-order valence-corrected chi connectivity index (χ1v) is 6.48. The van der Waals surface area contributed by atoms with Crippen LogP contribution in [0.15, 0.2) is 36.5 Å². The van der Waals surface area contributed by atoms with Crippen LogP contribution >= 0.6 is 0 Å². The molecule has 0 saturated carbocycles. The molecule has 4 heteroatoms. The van der Waals surface area contributed by atoms with Crippen LogP contribution in [-0.2, 0) is 11.3 Å². The maximum atomic E-state index is 11.8. The van der Waals surface area contributed by atoms with Gasteiger partial charge in [-0.2, -0.15) is 0 Å². The van der Waals surface area contributed by atoms with Crippen LogP contribution in [0, 0.1) is 5.92 Å². The summed E-state index contributed by atoms with van der Waals surface area (Å²) in [5, 5.41) is 10.2. The van der Waals surface area contributed by atoms with Gasteiger partial charge >= 0.3 is 0 Å². The molecule has 1 N–H and O–H groups in total. The van der Waals surface area contributed by atoms with Crippen molar-refractivity contribution >= 4 is 16.8 Å². The molecule has 3 rings (SSSR count). The van der Waals surface area contributed by atoms with Crippen molar-refractivity contribution in [1.29, 1.82) is 0 Å². The van der Waals surface area contributed by atoms with E-state index >= 15 is 0 Å². The van der Waals surface area contributed by atoms with Gasteiger partial charge in [-0.15, -0.1) is 0 Å². The van der Waals surface area contributed by atoms with Crippen LogP contribution in [0.25, 0.3) is 10.9 Å². The largest absolute Gasteiger partial charge is 0.396 e. The zero-order valence-corrected chi connectivity index (χ0v) is 10.6. The summed E-state index contributed by atoms with van der Waals surface area (Å²) >= 11 is 0. The van der Waals surface area contributed by atoms with Gasteiger partial charge in [-0.05, 0) is 17.7 Å². The summed E-state index contributed by atoms with van der Waals surface area (Å²) < 4.78 is 0. The number of aromatic nitrogens is 1. The summed E-state index contributed by atoms with van der Waals surface area (Å²) in [5.41, 5.74) is 2.03. The lowest BCUT2D eigenvalue weighted by atomic mass is 10.1. The molecule has 1 aromatic heterocycles. The Labute approximate surface area is 111 Å². The number of rotatable bonds is 3. The van der Waals surface area contributed by atoms with E-state index in [1.807, 2.05) is 35.2 Å². The zero-order chi connectivity index (χ0) is 13.2. The fourth-order valence-corrected chi connectivity index (χ4v) is 2.56. The second-order valence-corrected chi connectivity index (χ2v) is 5.06. The highest BCUT2D eigenvalue weighted by molar-refractivity contribution is 5.80. The van der Waals surface area contributed by atoms with Crippen molar-refractivity contribution in [2.45, 2.75) is 13.0 Å². The molecule has 1 unspecified atom stereocenters. The third-order valence-electron chi connectivity index (χ3n) is 3.60. The highest BCUT2D eigenvalue weighted by Crippen LogP contribution is 2.21. The van der Waals surface area contributed by atoms with E-state index in [-0.39, 0.29) is 18.4 Å². The van der Waals surface area contributed by atoms with Gasteiger partial charge in [0.1, 0.15) is 0 Å². The van der Waals surface area contributed by atoms with Crippen molar-refractivity contribution in [3.8, 4) is 0 Å². The van der Waals surface area contributed by atoms with Crippen LogP contribution in [0.1, 0.15) is 12.0 Å². The minimum Gasteiger partial charge on any atom is -0.396 e. The van der Waals surface area contributed by atoms with Crippen molar-refractivity contribution in [3.63, 3.8) is 0 Å². The van der Waals surface area contributed by atoms with Crippen LogP contribution in [0.3, 0.4) is 0 Å². The molecule has 1 aliphatic heterocycles. The molecule has 1 fully saturated rings. The molecule has 0 bridgehead atoms. The fraction of sp³-hybridized carbons (Fsp3) is 0.333.